The molecule has 3 rings (SSSR count). The molecule has 0 fully saturated rings. The minimum absolute atomic E-state index is 0.210. The van der Waals surface area contributed by atoms with E-state index in [-0.39, 0.29) is 5.56 Å². The minimum Gasteiger partial charge on any atom is -0.465 e. The summed E-state index contributed by atoms with van der Waals surface area (Å²) in [6, 6.07) is 13.0. The van der Waals surface area contributed by atoms with E-state index in [1.807, 2.05) is 12.1 Å². The van der Waals surface area contributed by atoms with Crippen LogP contribution in [-0.2, 0) is 17.8 Å². The van der Waals surface area contributed by atoms with Crippen LogP contribution >= 0.6 is 0 Å². The van der Waals surface area contributed by atoms with E-state index in [0.717, 1.165) is 13.1 Å². The van der Waals surface area contributed by atoms with Gasteiger partial charge in [-0.25, -0.2) is 9.78 Å². The molecule has 0 spiro atoms. The summed E-state index contributed by atoms with van der Waals surface area (Å²) in [6.07, 6.45) is 0. The molecule has 0 aliphatic heterocycles. The molecule has 1 heterocycles. The number of rotatable bonds is 6. The summed E-state index contributed by atoms with van der Waals surface area (Å²) >= 11 is 0. The summed E-state index contributed by atoms with van der Waals surface area (Å²) in [5.41, 5.74) is 3.14. The van der Waals surface area contributed by atoms with Crippen LogP contribution in [-0.4, -0.2) is 34.5 Å². The number of nitrogens with zero attached hydrogens (tertiary/aromatic N) is 2. The smallest absolute Gasteiger partial charge is 0.337 e. The molecule has 27 heavy (non-hydrogen) atoms. The third-order valence-electron chi connectivity index (χ3n) is 4.65. The Morgan fingerprint density at radius 2 is 1.96 bits per heavy atom. The van der Waals surface area contributed by atoms with Gasteiger partial charge in [0.05, 0.1) is 30.1 Å². The fraction of sp³-hybridized carbons (Fsp3) is 0.286. The molecule has 6 heteroatoms. The highest BCUT2D eigenvalue weighted by molar-refractivity contribution is 5.93. The Morgan fingerprint density at radius 1 is 1.19 bits per heavy atom. The highest BCUT2D eigenvalue weighted by Crippen LogP contribution is 2.14. The lowest BCUT2D eigenvalue weighted by atomic mass is 10.1. The first-order valence-electron chi connectivity index (χ1n) is 8.90. The summed E-state index contributed by atoms with van der Waals surface area (Å²) in [5, 5.41) is 0.452. The zero-order valence-corrected chi connectivity index (χ0v) is 15.8. The SMILES string of the molecule is CCN(Cc1nc2cc(C(=O)OC)ccc2c(=O)[nH]1)Cc1ccccc1C. The van der Waals surface area contributed by atoms with Crippen molar-refractivity contribution in [1.82, 2.24) is 14.9 Å². The Bertz CT molecular complexity index is 1030. The second kappa shape index (κ2) is 8.14. The number of ether oxygens (including phenoxy) is 1. The van der Waals surface area contributed by atoms with Crippen LogP contribution in [0, 0.1) is 6.92 Å². The molecule has 0 atom stereocenters. The lowest BCUT2D eigenvalue weighted by Gasteiger charge is -2.21. The van der Waals surface area contributed by atoms with Gasteiger partial charge in [0.2, 0.25) is 0 Å². The maximum absolute atomic E-state index is 12.4. The maximum Gasteiger partial charge on any atom is 0.337 e. The van der Waals surface area contributed by atoms with Crippen LogP contribution in [0.15, 0.2) is 47.3 Å². The first-order valence-corrected chi connectivity index (χ1v) is 8.90. The van der Waals surface area contributed by atoms with Gasteiger partial charge in [-0.15, -0.1) is 0 Å². The van der Waals surface area contributed by atoms with E-state index in [1.54, 1.807) is 18.2 Å². The normalized spacial score (nSPS) is 11.1. The topological polar surface area (TPSA) is 75.3 Å². The van der Waals surface area contributed by atoms with E-state index in [0.29, 0.717) is 28.8 Å². The molecule has 140 valence electrons. The molecule has 0 aliphatic rings. The van der Waals surface area contributed by atoms with E-state index in [2.05, 4.69) is 40.8 Å². The van der Waals surface area contributed by atoms with Gasteiger partial charge < -0.3 is 9.72 Å². The Balaban J connectivity index is 1.89. The summed E-state index contributed by atoms with van der Waals surface area (Å²) in [4.78, 5) is 33.8. The summed E-state index contributed by atoms with van der Waals surface area (Å²) in [5.74, 6) is 0.125. The maximum atomic E-state index is 12.4. The number of esters is 1. The number of carbonyl (C=O) groups is 1. The van der Waals surface area contributed by atoms with Crippen LogP contribution in [0.5, 0.6) is 0 Å². The second-order valence-electron chi connectivity index (χ2n) is 6.47. The van der Waals surface area contributed by atoms with Crippen molar-refractivity contribution in [2.75, 3.05) is 13.7 Å². The average Bonchev–Trinajstić information content (AvgIpc) is 2.68. The quantitative estimate of drug-likeness (QED) is 0.680. The Morgan fingerprint density at radius 3 is 2.67 bits per heavy atom. The van der Waals surface area contributed by atoms with E-state index in [4.69, 9.17) is 4.74 Å². The van der Waals surface area contributed by atoms with Crippen LogP contribution in [0.1, 0.15) is 34.2 Å². The van der Waals surface area contributed by atoms with Gasteiger partial charge in [-0.3, -0.25) is 9.69 Å². The van der Waals surface area contributed by atoms with Crippen molar-refractivity contribution in [1.29, 1.82) is 0 Å². The number of hydrogen-bond acceptors (Lipinski definition) is 5. The van der Waals surface area contributed by atoms with Gasteiger partial charge in [-0.05, 0) is 42.8 Å². The number of nitrogens with one attached hydrogen (secondary N) is 1. The standard InChI is InChI=1S/C21H23N3O3/c1-4-24(12-16-8-6-5-7-14(16)2)13-19-22-18-11-15(21(26)27-3)9-10-17(18)20(25)23-19/h5-11H,4,12-13H2,1-3H3,(H,22,23,25). The number of hydrogen-bond donors (Lipinski definition) is 1. The first-order chi connectivity index (χ1) is 13.0. The van der Waals surface area contributed by atoms with Crippen molar-refractivity contribution in [3.8, 4) is 0 Å². The molecule has 0 unspecified atom stereocenters. The molecular weight excluding hydrogens is 342 g/mol. The number of aromatic amines is 1. The molecule has 0 aliphatic carbocycles. The number of methoxy groups -OCH3 is 1. The van der Waals surface area contributed by atoms with Gasteiger partial charge >= 0.3 is 5.97 Å². The molecule has 1 aromatic heterocycles. The van der Waals surface area contributed by atoms with E-state index >= 15 is 0 Å². The van der Waals surface area contributed by atoms with Crippen LogP contribution in [0.4, 0.5) is 0 Å². The zero-order valence-electron chi connectivity index (χ0n) is 15.8. The summed E-state index contributed by atoms with van der Waals surface area (Å²) in [6.45, 7) is 6.27. The van der Waals surface area contributed by atoms with Gasteiger partial charge in [-0.1, -0.05) is 31.2 Å². The number of aryl methyl sites for hydroxylation is 1. The number of aromatic nitrogens is 2. The highest BCUT2D eigenvalue weighted by atomic mass is 16.5. The van der Waals surface area contributed by atoms with Crippen molar-refractivity contribution < 1.29 is 9.53 Å². The lowest BCUT2D eigenvalue weighted by molar-refractivity contribution is 0.0601. The summed E-state index contributed by atoms with van der Waals surface area (Å²) < 4.78 is 4.74. The largest absolute Gasteiger partial charge is 0.465 e. The van der Waals surface area contributed by atoms with Crippen LogP contribution in [0.25, 0.3) is 10.9 Å². The molecule has 0 amide bonds. The van der Waals surface area contributed by atoms with Gasteiger partial charge in [0.25, 0.3) is 5.56 Å². The Labute approximate surface area is 157 Å². The first kappa shape index (κ1) is 18.8. The number of fused-ring (bicyclic) bond motifs is 1. The van der Waals surface area contributed by atoms with Gasteiger partial charge in [-0.2, -0.15) is 0 Å². The fourth-order valence-corrected chi connectivity index (χ4v) is 3.03. The predicted octanol–water partition coefficient (Wildman–Crippen LogP) is 3.04. The molecule has 0 radical (unpaired) electrons. The molecule has 1 N–H and O–H groups in total. The number of carbonyl (C=O) groups excluding carboxylic acids is 1. The molecular formula is C21H23N3O3. The zero-order chi connectivity index (χ0) is 19.4. The average molecular weight is 365 g/mol. The molecule has 0 saturated carbocycles. The van der Waals surface area contributed by atoms with Crippen LogP contribution in [0.2, 0.25) is 0 Å². The van der Waals surface area contributed by atoms with Crippen LogP contribution in [0.3, 0.4) is 0 Å². The molecule has 0 bridgehead atoms. The molecule has 6 nitrogen and oxygen atoms in total. The van der Waals surface area contributed by atoms with E-state index in [9.17, 15) is 9.59 Å². The van der Waals surface area contributed by atoms with E-state index in [1.165, 1.54) is 18.2 Å². The van der Waals surface area contributed by atoms with Crippen molar-refractivity contribution in [2.24, 2.45) is 0 Å². The predicted molar refractivity (Wildman–Crippen MR) is 105 cm³/mol. The summed E-state index contributed by atoms with van der Waals surface area (Å²) in [7, 11) is 1.33. The van der Waals surface area contributed by atoms with Crippen molar-refractivity contribution in [2.45, 2.75) is 26.9 Å². The van der Waals surface area contributed by atoms with Gasteiger partial charge in [0, 0.05) is 6.54 Å². The molecule has 2 aromatic carbocycles. The second-order valence-corrected chi connectivity index (χ2v) is 6.47. The highest BCUT2D eigenvalue weighted by Gasteiger charge is 2.12. The monoisotopic (exact) mass is 365 g/mol. The fourth-order valence-electron chi connectivity index (χ4n) is 3.03. The third-order valence-corrected chi connectivity index (χ3v) is 4.65. The minimum atomic E-state index is -0.449. The molecule has 3 aromatic rings. The Hall–Kier alpha value is -2.99. The number of benzene rings is 2. The third kappa shape index (κ3) is 4.23. The Kier molecular flexibility index (Phi) is 5.66. The van der Waals surface area contributed by atoms with Crippen LogP contribution < -0.4 is 5.56 Å². The van der Waals surface area contributed by atoms with Gasteiger partial charge in [0.1, 0.15) is 5.82 Å². The van der Waals surface area contributed by atoms with Gasteiger partial charge in [0.15, 0.2) is 0 Å². The number of H-pyrrole nitrogens is 1. The van der Waals surface area contributed by atoms with Crippen molar-refractivity contribution >= 4 is 16.9 Å². The molecule has 0 saturated heterocycles. The lowest BCUT2D eigenvalue weighted by Crippen LogP contribution is -2.25. The van der Waals surface area contributed by atoms with Crippen molar-refractivity contribution in [3.63, 3.8) is 0 Å². The van der Waals surface area contributed by atoms with E-state index < -0.39 is 5.97 Å². The van der Waals surface area contributed by atoms with Crippen molar-refractivity contribution in [3.05, 3.63) is 75.3 Å².